The summed E-state index contributed by atoms with van der Waals surface area (Å²) in [7, 11) is 0. The van der Waals surface area contributed by atoms with Crippen molar-refractivity contribution in [1.82, 2.24) is 9.91 Å². The average molecular weight is 327 g/mol. The zero-order chi connectivity index (χ0) is 16.9. The molecule has 1 unspecified atom stereocenters. The van der Waals surface area contributed by atoms with Gasteiger partial charge in [0.2, 0.25) is 11.8 Å². The molecule has 128 valence electrons. The molecule has 0 N–H and O–H groups in total. The zero-order valence-electron chi connectivity index (χ0n) is 14.3. The predicted molar refractivity (Wildman–Crippen MR) is 93.5 cm³/mol. The van der Waals surface area contributed by atoms with Crippen LogP contribution < -0.4 is 0 Å². The lowest BCUT2D eigenvalue weighted by Crippen LogP contribution is -2.39. The van der Waals surface area contributed by atoms with Crippen molar-refractivity contribution >= 4 is 17.5 Å². The highest BCUT2D eigenvalue weighted by molar-refractivity contribution is 6.02. The van der Waals surface area contributed by atoms with E-state index in [-0.39, 0.29) is 24.7 Å². The largest absolute Gasteiger partial charge is 0.342 e. The number of piperidine rings is 1. The summed E-state index contributed by atoms with van der Waals surface area (Å²) in [5, 5.41) is 5.96. The minimum atomic E-state index is -0.0562. The van der Waals surface area contributed by atoms with Gasteiger partial charge in [0.1, 0.15) is 0 Å². The number of rotatable bonds is 4. The van der Waals surface area contributed by atoms with Gasteiger partial charge >= 0.3 is 0 Å². The molecule has 1 saturated heterocycles. The molecule has 2 amide bonds. The fraction of sp³-hybridized carbons (Fsp3) is 0.526. The van der Waals surface area contributed by atoms with Gasteiger partial charge in [0, 0.05) is 32.4 Å². The topological polar surface area (TPSA) is 53.0 Å². The van der Waals surface area contributed by atoms with Crippen molar-refractivity contribution in [3.63, 3.8) is 0 Å². The smallest absolute Gasteiger partial charge is 0.243 e. The van der Waals surface area contributed by atoms with Crippen LogP contribution in [0, 0.1) is 5.92 Å². The number of hydrazone groups is 1. The Morgan fingerprint density at radius 3 is 2.62 bits per heavy atom. The van der Waals surface area contributed by atoms with Crippen molar-refractivity contribution < 1.29 is 9.59 Å². The minimum absolute atomic E-state index is 0.0562. The molecular formula is C19H25N3O2. The molecule has 1 aromatic rings. The van der Waals surface area contributed by atoms with Gasteiger partial charge in [-0.1, -0.05) is 37.3 Å². The van der Waals surface area contributed by atoms with E-state index in [1.54, 1.807) is 0 Å². The predicted octanol–water partition coefficient (Wildman–Crippen LogP) is 2.66. The van der Waals surface area contributed by atoms with Crippen LogP contribution in [0.2, 0.25) is 0 Å². The van der Waals surface area contributed by atoms with Crippen LogP contribution in [0.3, 0.4) is 0 Å². The number of carbonyl (C=O) groups excluding carboxylic acids is 2. The monoisotopic (exact) mass is 327 g/mol. The molecule has 2 heterocycles. The van der Waals surface area contributed by atoms with E-state index >= 15 is 0 Å². The summed E-state index contributed by atoms with van der Waals surface area (Å²) in [6, 6.07) is 9.93. The molecule has 0 saturated carbocycles. The maximum absolute atomic E-state index is 12.3. The van der Waals surface area contributed by atoms with E-state index < -0.39 is 0 Å². The number of hydrogen-bond donors (Lipinski definition) is 0. The van der Waals surface area contributed by atoms with Crippen molar-refractivity contribution in [1.29, 1.82) is 0 Å². The van der Waals surface area contributed by atoms with Crippen molar-refractivity contribution in [2.24, 2.45) is 11.0 Å². The molecule has 0 aliphatic carbocycles. The van der Waals surface area contributed by atoms with Gasteiger partial charge in [-0.3, -0.25) is 9.59 Å². The van der Waals surface area contributed by atoms with Crippen LogP contribution in [-0.2, 0) is 9.59 Å². The Kier molecular flexibility index (Phi) is 5.28. The standard InChI is InChI=1S/C19H25N3O2/c1-15-6-5-12-21(14-15)18(23)9-10-19(24)22-13-11-17(20-22)16-7-3-2-4-8-16/h2-4,7-8,15H,5-6,9-14H2,1H3. The number of nitrogens with zero attached hydrogens (tertiary/aromatic N) is 3. The van der Waals surface area contributed by atoms with E-state index in [4.69, 9.17) is 0 Å². The molecular weight excluding hydrogens is 302 g/mol. The lowest BCUT2D eigenvalue weighted by atomic mass is 10.00. The number of benzene rings is 1. The summed E-state index contributed by atoms with van der Waals surface area (Å²) >= 11 is 0. The number of carbonyl (C=O) groups is 2. The maximum Gasteiger partial charge on any atom is 0.243 e. The van der Waals surface area contributed by atoms with Crippen molar-refractivity contribution in [2.75, 3.05) is 19.6 Å². The molecule has 0 radical (unpaired) electrons. The second-order valence-electron chi connectivity index (χ2n) is 6.77. The first kappa shape index (κ1) is 16.7. The van der Waals surface area contributed by atoms with Gasteiger partial charge in [-0.25, -0.2) is 5.01 Å². The summed E-state index contributed by atoms with van der Waals surface area (Å²) in [6.45, 7) is 4.44. The quantitative estimate of drug-likeness (QED) is 0.854. The van der Waals surface area contributed by atoms with Gasteiger partial charge in [0.05, 0.1) is 12.3 Å². The Morgan fingerprint density at radius 1 is 1.12 bits per heavy atom. The van der Waals surface area contributed by atoms with Crippen LogP contribution >= 0.6 is 0 Å². The molecule has 0 bridgehead atoms. The molecule has 24 heavy (non-hydrogen) atoms. The Hall–Kier alpha value is -2.17. The second kappa shape index (κ2) is 7.60. The summed E-state index contributed by atoms with van der Waals surface area (Å²) in [4.78, 5) is 26.5. The van der Waals surface area contributed by atoms with Crippen molar-refractivity contribution in [3.8, 4) is 0 Å². The van der Waals surface area contributed by atoms with Crippen LogP contribution in [0.25, 0.3) is 0 Å². The average Bonchev–Trinajstić information content (AvgIpc) is 3.10. The van der Waals surface area contributed by atoms with Gasteiger partial charge in [-0.15, -0.1) is 0 Å². The third kappa shape index (κ3) is 4.02. The fourth-order valence-corrected chi connectivity index (χ4v) is 3.39. The van der Waals surface area contributed by atoms with Gasteiger partial charge in [-0.05, 0) is 24.3 Å². The molecule has 5 nitrogen and oxygen atoms in total. The van der Waals surface area contributed by atoms with E-state index in [1.807, 2.05) is 35.2 Å². The SMILES string of the molecule is CC1CCCN(C(=O)CCC(=O)N2CCC(c3ccccc3)=N2)C1. The lowest BCUT2D eigenvalue weighted by molar-refractivity contribution is -0.137. The molecule has 2 aliphatic rings. The Labute approximate surface area is 143 Å². The molecule has 0 spiro atoms. The van der Waals surface area contributed by atoms with Gasteiger partial charge in [-0.2, -0.15) is 5.10 Å². The van der Waals surface area contributed by atoms with Crippen LogP contribution in [-0.4, -0.2) is 47.1 Å². The molecule has 1 aromatic carbocycles. The maximum atomic E-state index is 12.3. The fourth-order valence-electron chi connectivity index (χ4n) is 3.39. The van der Waals surface area contributed by atoms with Crippen LogP contribution in [0.4, 0.5) is 0 Å². The summed E-state index contributed by atoms with van der Waals surface area (Å²) in [5.74, 6) is 0.607. The first-order valence-electron chi connectivity index (χ1n) is 8.84. The first-order chi connectivity index (χ1) is 11.6. The third-order valence-corrected chi connectivity index (χ3v) is 4.76. The van der Waals surface area contributed by atoms with E-state index in [1.165, 1.54) is 11.4 Å². The summed E-state index contributed by atoms with van der Waals surface area (Å²) in [6.07, 6.45) is 3.56. The zero-order valence-corrected chi connectivity index (χ0v) is 14.3. The van der Waals surface area contributed by atoms with Crippen LogP contribution in [0.1, 0.15) is 44.6 Å². The van der Waals surface area contributed by atoms with Crippen LogP contribution in [0.15, 0.2) is 35.4 Å². The highest BCUT2D eigenvalue weighted by Crippen LogP contribution is 2.18. The Morgan fingerprint density at radius 2 is 1.88 bits per heavy atom. The number of amides is 2. The van der Waals surface area contributed by atoms with Crippen molar-refractivity contribution in [3.05, 3.63) is 35.9 Å². The molecule has 0 aromatic heterocycles. The number of hydrogen-bond acceptors (Lipinski definition) is 3. The molecule has 1 atom stereocenters. The van der Waals surface area contributed by atoms with Gasteiger partial charge in [0.15, 0.2) is 0 Å². The molecule has 5 heteroatoms. The number of likely N-dealkylation sites (tertiary alicyclic amines) is 1. The third-order valence-electron chi connectivity index (χ3n) is 4.76. The highest BCUT2D eigenvalue weighted by Gasteiger charge is 2.24. The lowest BCUT2D eigenvalue weighted by Gasteiger charge is -2.31. The minimum Gasteiger partial charge on any atom is -0.342 e. The van der Waals surface area contributed by atoms with E-state index in [9.17, 15) is 9.59 Å². The molecule has 2 aliphatic heterocycles. The van der Waals surface area contributed by atoms with E-state index in [0.29, 0.717) is 12.5 Å². The van der Waals surface area contributed by atoms with Gasteiger partial charge < -0.3 is 4.90 Å². The van der Waals surface area contributed by atoms with E-state index in [0.717, 1.165) is 37.2 Å². The normalized spacial score (nSPS) is 20.9. The molecule has 3 rings (SSSR count). The molecule has 1 fully saturated rings. The Bertz CT molecular complexity index is 627. The summed E-state index contributed by atoms with van der Waals surface area (Å²) in [5.41, 5.74) is 2.01. The van der Waals surface area contributed by atoms with Crippen molar-refractivity contribution in [2.45, 2.75) is 39.0 Å². The summed E-state index contributed by atoms with van der Waals surface area (Å²) < 4.78 is 0. The Balaban J connectivity index is 1.51. The van der Waals surface area contributed by atoms with Gasteiger partial charge in [0.25, 0.3) is 0 Å². The van der Waals surface area contributed by atoms with E-state index in [2.05, 4.69) is 12.0 Å². The van der Waals surface area contributed by atoms with Crippen LogP contribution in [0.5, 0.6) is 0 Å². The highest BCUT2D eigenvalue weighted by atomic mass is 16.2. The second-order valence-corrected chi connectivity index (χ2v) is 6.77. The first-order valence-corrected chi connectivity index (χ1v) is 8.84.